The summed E-state index contributed by atoms with van der Waals surface area (Å²) < 4.78 is 14.8. The van der Waals surface area contributed by atoms with Crippen LogP contribution in [0.5, 0.6) is 0 Å². The zero-order chi connectivity index (χ0) is 24.5. The van der Waals surface area contributed by atoms with Gasteiger partial charge in [-0.3, -0.25) is 18.4 Å². The van der Waals surface area contributed by atoms with Gasteiger partial charge in [-0.25, -0.2) is 4.98 Å². The Morgan fingerprint density at radius 1 is 1.08 bits per heavy atom. The minimum Gasteiger partial charge on any atom is -0.296 e. The van der Waals surface area contributed by atoms with Crippen molar-refractivity contribution in [3.8, 4) is 0 Å². The molecule has 5 rings (SSSR count). The number of carbonyl (C=O) groups is 1. The fraction of sp³-hybridized carbons (Fsp3) is 0.655. The fourth-order valence-electron chi connectivity index (χ4n) is 5.67. The average molecular weight is 581 g/mol. The molecular weight excluding hydrogens is 534 g/mol. The molecule has 2 aromatic heterocycles. The first-order valence-electron chi connectivity index (χ1n) is 12.7. The van der Waals surface area contributed by atoms with E-state index in [9.17, 15) is 9.00 Å². The number of rotatable bonds is 3. The van der Waals surface area contributed by atoms with E-state index in [2.05, 4.69) is 51.4 Å². The van der Waals surface area contributed by atoms with E-state index in [0.717, 1.165) is 47.4 Å². The summed E-state index contributed by atoms with van der Waals surface area (Å²) in [6, 6.07) is 0. The van der Waals surface area contributed by atoms with Crippen molar-refractivity contribution in [2.24, 2.45) is 17.8 Å². The lowest BCUT2D eigenvalue weighted by Crippen LogP contribution is -2.24. The molecular formula is C29H46BrN3O2S. The summed E-state index contributed by atoms with van der Waals surface area (Å²) >= 11 is 3.65. The number of aromatic nitrogens is 3. The molecule has 2 aromatic rings. The van der Waals surface area contributed by atoms with Gasteiger partial charge in [0.25, 0.3) is 0 Å². The van der Waals surface area contributed by atoms with Crippen LogP contribution in [-0.2, 0) is 20.7 Å². The number of Topliss-reactive ketones (excluding diaryl/α,β-unsaturated/α-hetero) is 1. The van der Waals surface area contributed by atoms with Crippen LogP contribution in [0.4, 0.5) is 0 Å². The maximum Gasteiger partial charge on any atom is 0.166 e. The van der Waals surface area contributed by atoms with E-state index in [1.165, 1.54) is 48.9 Å². The van der Waals surface area contributed by atoms with Gasteiger partial charge in [-0.15, -0.1) is 0 Å². The first kappa shape index (κ1) is 30.8. The summed E-state index contributed by atoms with van der Waals surface area (Å²) in [5.74, 6) is 2.34. The molecule has 4 atom stereocenters. The van der Waals surface area contributed by atoms with Crippen LogP contribution in [0.15, 0.2) is 18.5 Å². The Kier molecular flexibility index (Phi) is 11.0. The number of ketones is 1. The van der Waals surface area contributed by atoms with Crippen molar-refractivity contribution in [1.29, 1.82) is 0 Å². The lowest BCUT2D eigenvalue weighted by Gasteiger charge is -2.25. The van der Waals surface area contributed by atoms with Crippen LogP contribution in [0.2, 0.25) is 0 Å². The molecule has 2 fully saturated rings. The second-order valence-corrected chi connectivity index (χ2v) is 14.7. The van der Waals surface area contributed by atoms with Crippen molar-refractivity contribution < 1.29 is 9.00 Å². The van der Waals surface area contributed by atoms with E-state index in [4.69, 9.17) is 4.98 Å². The number of imidazole rings is 1. The van der Waals surface area contributed by atoms with E-state index in [1.54, 1.807) is 12.5 Å². The summed E-state index contributed by atoms with van der Waals surface area (Å²) in [6.07, 6.45) is 20.1. The Bertz CT molecular complexity index is 1200. The van der Waals surface area contributed by atoms with E-state index >= 15 is 0 Å². The molecule has 3 aliphatic rings. The first-order chi connectivity index (χ1) is 16.1. The Hall–Kier alpha value is -1.47. The summed E-state index contributed by atoms with van der Waals surface area (Å²) in [5.41, 5.74) is 4.55. The molecule has 0 radical (unpaired) electrons. The number of carbonyl (C=O) groups excluding carboxylic acids is 1. The molecule has 0 aromatic carbocycles. The van der Waals surface area contributed by atoms with E-state index < -0.39 is 9.52 Å². The molecule has 0 bridgehead atoms. The van der Waals surface area contributed by atoms with Crippen LogP contribution < -0.4 is 0 Å². The fourth-order valence-corrected chi connectivity index (χ4v) is 7.01. The first-order valence-corrected chi connectivity index (χ1v) is 15.9. The van der Waals surface area contributed by atoms with Crippen LogP contribution in [0.1, 0.15) is 103 Å². The maximum absolute atomic E-state index is 11.7. The summed E-state index contributed by atoms with van der Waals surface area (Å²) in [7, 11) is -2.01. The lowest BCUT2D eigenvalue weighted by atomic mass is 9.81. The Balaban J connectivity index is 0.000000256. The van der Waals surface area contributed by atoms with Crippen molar-refractivity contribution in [2.75, 3.05) is 12.5 Å². The molecule has 2 heterocycles. The number of allylic oxidation sites excluding steroid dienone is 1. The zero-order valence-electron chi connectivity index (χ0n) is 20.9. The van der Waals surface area contributed by atoms with Crippen molar-refractivity contribution in [3.05, 3.63) is 35.6 Å². The van der Waals surface area contributed by atoms with Gasteiger partial charge in [0.2, 0.25) is 0 Å². The van der Waals surface area contributed by atoms with Gasteiger partial charge >= 0.3 is 0 Å². The summed E-state index contributed by atoms with van der Waals surface area (Å²) in [6.45, 7) is 4.55. The van der Waals surface area contributed by atoms with Gasteiger partial charge in [0.1, 0.15) is 0 Å². The van der Waals surface area contributed by atoms with Crippen molar-refractivity contribution in [1.82, 2.24) is 14.4 Å². The predicted octanol–water partition coefficient (Wildman–Crippen LogP) is 7.32. The van der Waals surface area contributed by atoms with Gasteiger partial charge in [-0.1, -0.05) is 60.5 Å². The highest BCUT2D eigenvalue weighted by molar-refractivity contribution is 9.15. The standard InChI is InChI=1S/C16H18BrN3.C11H20O2S.2CH4/c1-10-3-2-4-11(7-10)14-9-20-15(19-14)8-18-13-6-5-12(17)16(13)20;1-9-5-4-6-10(7-9)11(12)8-14(2,3)13;;/h5,8-11H,2-4,6-7H2,1H3;8-10H,4-7H2,1-3H3;2*1H4. The molecule has 7 heteroatoms. The molecule has 0 N–H and O–H groups in total. The largest absolute Gasteiger partial charge is 0.296 e. The van der Waals surface area contributed by atoms with Crippen molar-refractivity contribution >= 4 is 46.7 Å². The van der Waals surface area contributed by atoms with Gasteiger partial charge in [0.05, 0.1) is 23.3 Å². The van der Waals surface area contributed by atoms with E-state index in [1.807, 2.05) is 6.20 Å². The Labute approximate surface area is 227 Å². The average Bonchev–Trinajstić information content (AvgIpc) is 3.36. The highest BCUT2D eigenvalue weighted by atomic mass is 79.9. The topological polar surface area (TPSA) is 64.3 Å². The second-order valence-electron chi connectivity index (χ2n) is 11.0. The third-order valence-corrected chi connectivity index (χ3v) is 8.90. The number of hydrogen-bond donors (Lipinski definition) is 0. The van der Waals surface area contributed by atoms with Crippen molar-refractivity contribution in [2.45, 2.75) is 92.4 Å². The van der Waals surface area contributed by atoms with Crippen molar-refractivity contribution in [3.63, 3.8) is 0 Å². The molecule has 0 saturated heterocycles. The number of fused-ring (bicyclic) bond motifs is 3. The number of halogens is 1. The molecule has 5 nitrogen and oxygen atoms in total. The molecule has 2 saturated carbocycles. The monoisotopic (exact) mass is 579 g/mol. The highest BCUT2D eigenvalue weighted by Gasteiger charge is 2.25. The minimum atomic E-state index is -2.01. The van der Waals surface area contributed by atoms with Crippen LogP contribution in [0.3, 0.4) is 0 Å². The van der Waals surface area contributed by atoms with Crippen LogP contribution in [0, 0.1) is 17.8 Å². The maximum atomic E-state index is 11.7. The second kappa shape index (κ2) is 12.9. The minimum absolute atomic E-state index is 0. The number of hydrogen-bond acceptors (Lipinski definition) is 4. The third-order valence-electron chi connectivity index (χ3n) is 7.40. The van der Waals surface area contributed by atoms with Gasteiger partial charge in [-0.05, 0) is 63.0 Å². The predicted molar refractivity (Wildman–Crippen MR) is 160 cm³/mol. The highest BCUT2D eigenvalue weighted by Crippen LogP contribution is 2.37. The van der Waals surface area contributed by atoms with Gasteiger partial charge in [0, 0.05) is 46.8 Å². The van der Waals surface area contributed by atoms with E-state index in [-0.39, 0.29) is 26.6 Å². The summed E-state index contributed by atoms with van der Waals surface area (Å²) in [4.78, 5) is 21.1. The normalized spacial score (nSPS) is 25.4. The quantitative estimate of drug-likeness (QED) is 0.357. The molecule has 0 amide bonds. The molecule has 3 aliphatic carbocycles. The SMILES string of the molecule is C.C.CC1CCCC(C(=O)C=S(C)(C)=O)C1.CC1CCCC(c2cn3c4c(ncc3n2)CC=C4Br)C1. The van der Waals surface area contributed by atoms with Gasteiger partial charge in [-0.2, -0.15) is 0 Å². The molecule has 0 spiro atoms. The Morgan fingerprint density at radius 2 is 1.75 bits per heavy atom. The Morgan fingerprint density at radius 3 is 2.39 bits per heavy atom. The smallest absolute Gasteiger partial charge is 0.166 e. The third kappa shape index (κ3) is 7.53. The van der Waals surface area contributed by atoms with E-state index in [0.29, 0.717) is 11.8 Å². The zero-order valence-corrected chi connectivity index (χ0v) is 23.3. The molecule has 36 heavy (non-hydrogen) atoms. The lowest BCUT2D eigenvalue weighted by molar-refractivity contribution is -0.117. The number of nitrogens with zero attached hydrogens (tertiary/aromatic N) is 3. The summed E-state index contributed by atoms with van der Waals surface area (Å²) in [5, 5.41) is 1.44. The van der Waals surface area contributed by atoms with Crippen LogP contribution >= 0.6 is 15.9 Å². The molecule has 4 unspecified atom stereocenters. The van der Waals surface area contributed by atoms with Crippen LogP contribution in [0.25, 0.3) is 10.1 Å². The van der Waals surface area contributed by atoms with Gasteiger partial charge < -0.3 is 0 Å². The van der Waals surface area contributed by atoms with Gasteiger partial charge in [0.15, 0.2) is 11.4 Å². The molecule has 202 valence electrons. The molecule has 0 aliphatic heterocycles. The van der Waals surface area contributed by atoms with Crippen LogP contribution in [-0.4, -0.2) is 42.2 Å².